The number of nitrogens with zero attached hydrogens (tertiary/aromatic N) is 1. The van der Waals surface area contributed by atoms with Crippen molar-refractivity contribution in [2.45, 2.75) is 32.1 Å². The molecule has 2 atom stereocenters. The molecule has 0 amide bonds. The molecule has 1 aromatic heterocycles. The van der Waals surface area contributed by atoms with E-state index in [1.165, 1.54) is 12.3 Å². The fourth-order valence-corrected chi connectivity index (χ4v) is 2.21. The summed E-state index contributed by atoms with van der Waals surface area (Å²) < 4.78 is 43.6. The van der Waals surface area contributed by atoms with Crippen LogP contribution in [-0.2, 0) is 17.5 Å². The lowest BCUT2D eigenvalue weighted by molar-refractivity contribution is -0.138. The summed E-state index contributed by atoms with van der Waals surface area (Å²) >= 11 is 0. The van der Waals surface area contributed by atoms with Crippen molar-refractivity contribution in [3.8, 4) is 0 Å². The highest BCUT2D eigenvalue weighted by Crippen LogP contribution is 2.31. The molecule has 19 heavy (non-hydrogen) atoms. The van der Waals surface area contributed by atoms with Crippen molar-refractivity contribution in [1.29, 1.82) is 0 Å². The standard InChI is InChI=1S/C13H17F3N2O/c1-9(10-4-6-19-8-10)18-7-12-11(13(14,15)16)3-2-5-17-12/h2-3,5,9-10,18H,4,6-8H2,1H3/t9-,10-/m1/s1. The Hall–Kier alpha value is -1.14. The molecule has 6 heteroatoms. The molecular weight excluding hydrogens is 257 g/mol. The van der Waals surface area contributed by atoms with Gasteiger partial charge in [-0.05, 0) is 31.4 Å². The van der Waals surface area contributed by atoms with E-state index in [2.05, 4.69) is 10.3 Å². The first-order valence-electron chi connectivity index (χ1n) is 6.30. The third-order valence-corrected chi connectivity index (χ3v) is 3.46. The molecule has 1 aliphatic heterocycles. The van der Waals surface area contributed by atoms with Crippen LogP contribution in [0.15, 0.2) is 18.3 Å². The summed E-state index contributed by atoms with van der Waals surface area (Å²) in [5.41, 5.74) is -0.627. The van der Waals surface area contributed by atoms with E-state index in [9.17, 15) is 13.2 Å². The lowest BCUT2D eigenvalue weighted by Crippen LogP contribution is -2.34. The summed E-state index contributed by atoms with van der Waals surface area (Å²) in [6, 6.07) is 2.49. The second kappa shape index (κ2) is 5.88. The molecule has 1 aliphatic rings. The number of rotatable bonds is 4. The zero-order valence-electron chi connectivity index (χ0n) is 10.7. The fraction of sp³-hybridized carbons (Fsp3) is 0.615. The van der Waals surface area contributed by atoms with Gasteiger partial charge >= 0.3 is 6.18 Å². The van der Waals surface area contributed by atoms with E-state index in [1.54, 1.807) is 0 Å². The van der Waals surface area contributed by atoms with Gasteiger partial charge in [0.2, 0.25) is 0 Å². The highest BCUT2D eigenvalue weighted by molar-refractivity contribution is 5.22. The van der Waals surface area contributed by atoms with Gasteiger partial charge in [0.1, 0.15) is 0 Å². The van der Waals surface area contributed by atoms with E-state index in [0.29, 0.717) is 12.5 Å². The number of alkyl halides is 3. The molecule has 0 spiro atoms. The lowest BCUT2D eigenvalue weighted by Gasteiger charge is -2.20. The summed E-state index contributed by atoms with van der Waals surface area (Å²) in [4.78, 5) is 3.83. The van der Waals surface area contributed by atoms with Crippen LogP contribution in [0.25, 0.3) is 0 Å². The molecule has 0 saturated carbocycles. The number of ether oxygens (including phenoxy) is 1. The maximum Gasteiger partial charge on any atom is 0.418 e. The summed E-state index contributed by atoms with van der Waals surface area (Å²) in [5, 5.41) is 3.11. The van der Waals surface area contributed by atoms with E-state index >= 15 is 0 Å². The van der Waals surface area contributed by atoms with E-state index in [0.717, 1.165) is 19.1 Å². The third kappa shape index (κ3) is 3.67. The molecule has 0 unspecified atom stereocenters. The molecule has 106 valence electrons. The van der Waals surface area contributed by atoms with Crippen LogP contribution in [0.5, 0.6) is 0 Å². The number of aromatic nitrogens is 1. The summed E-state index contributed by atoms with van der Waals surface area (Å²) in [6.45, 7) is 3.49. The average Bonchev–Trinajstić information content (AvgIpc) is 2.89. The Kier molecular flexibility index (Phi) is 4.42. The lowest BCUT2D eigenvalue weighted by atomic mass is 10.0. The Morgan fingerprint density at radius 1 is 1.53 bits per heavy atom. The predicted molar refractivity (Wildman–Crippen MR) is 64.5 cm³/mol. The van der Waals surface area contributed by atoms with Crippen LogP contribution in [0.1, 0.15) is 24.6 Å². The Morgan fingerprint density at radius 3 is 2.95 bits per heavy atom. The molecule has 0 aromatic carbocycles. The Labute approximate surface area is 110 Å². The molecule has 1 fully saturated rings. The molecule has 1 saturated heterocycles. The first kappa shape index (κ1) is 14.3. The SMILES string of the molecule is C[C@@H](NCc1ncccc1C(F)(F)F)[C@@H]1CCOC1. The number of nitrogens with one attached hydrogen (secondary N) is 1. The molecular formula is C13H17F3N2O. The van der Waals surface area contributed by atoms with Crippen LogP contribution in [0.2, 0.25) is 0 Å². The number of halogens is 3. The third-order valence-electron chi connectivity index (χ3n) is 3.46. The number of hydrogen-bond donors (Lipinski definition) is 1. The van der Waals surface area contributed by atoms with Crippen molar-refractivity contribution < 1.29 is 17.9 Å². The maximum atomic E-state index is 12.8. The van der Waals surface area contributed by atoms with E-state index < -0.39 is 11.7 Å². The van der Waals surface area contributed by atoms with E-state index in [4.69, 9.17) is 4.74 Å². The van der Waals surface area contributed by atoms with Gasteiger partial charge in [-0.3, -0.25) is 4.98 Å². The summed E-state index contributed by atoms with van der Waals surface area (Å²) in [6.07, 6.45) is -2.02. The van der Waals surface area contributed by atoms with Crippen LogP contribution in [-0.4, -0.2) is 24.2 Å². The first-order chi connectivity index (χ1) is 8.98. The average molecular weight is 274 g/mol. The zero-order valence-corrected chi connectivity index (χ0v) is 10.7. The molecule has 3 nitrogen and oxygen atoms in total. The second-order valence-electron chi connectivity index (χ2n) is 4.79. The van der Waals surface area contributed by atoms with Crippen molar-refractivity contribution in [2.75, 3.05) is 13.2 Å². The normalized spacial score (nSPS) is 21.6. The van der Waals surface area contributed by atoms with Gasteiger partial charge in [-0.15, -0.1) is 0 Å². The van der Waals surface area contributed by atoms with Gasteiger partial charge in [0.15, 0.2) is 0 Å². The van der Waals surface area contributed by atoms with E-state index in [1.807, 2.05) is 6.92 Å². The molecule has 1 aromatic rings. The van der Waals surface area contributed by atoms with Crippen molar-refractivity contribution in [3.63, 3.8) is 0 Å². The minimum absolute atomic E-state index is 0.0424. The maximum absolute atomic E-state index is 12.8. The fourth-order valence-electron chi connectivity index (χ4n) is 2.21. The van der Waals surface area contributed by atoms with Crippen LogP contribution in [0, 0.1) is 5.92 Å². The van der Waals surface area contributed by atoms with Gasteiger partial charge < -0.3 is 10.1 Å². The Bertz CT molecular complexity index is 417. The van der Waals surface area contributed by atoms with E-state index in [-0.39, 0.29) is 18.3 Å². The van der Waals surface area contributed by atoms with Crippen molar-refractivity contribution in [2.24, 2.45) is 5.92 Å². The molecule has 1 N–H and O–H groups in total. The number of hydrogen-bond acceptors (Lipinski definition) is 3. The second-order valence-corrected chi connectivity index (χ2v) is 4.79. The van der Waals surface area contributed by atoms with Crippen molar-refractivity contribution >= 4 is 0 Å². The van der Waals surface area contributed by atoms with Gasteiger partial charge in [-0.25, -0.2) is 0 Å². The highest BCUT2D eigenvalue weighted by atomic mass is 19.4. The van der Waals surface area contributed by atoms with Crippen molar-refractivity contribution in [3.05, 3.63) is 29.6 Å². The molecule has 2 rings (SSSR count). The zero-order chi connectivity index (χ0) is 13.9. The molecule has 0 bridgehead atoms. The monoisotopic (exact) mass is 274 g/mol. The van der Waals surface area contributed by atoms with Crippen LogP contribution in [0.3, 0.4) is 0 Å². The van der Waals surface area contributed by atoms with Crippen LogP contribution < -0.4 is 5.32 Å². The summed E-state index contributed by atoms with van der Waals surface area (Å²) in [5.74, 6) is 0.359. The highest BCUT2D eigenvalue weighted by Gasteiger charge is 2.33. The quantitative estimate of drug-likeness (QED) is 0.916. The van der Waals surface area contributed by atoms with Gasteiger partial charge in [0.05, 0.1) is 17.9 Å². The van der Waals surface area contributed by atoms with Gasteiger partial charge in [0, 0.05) is 25.4 Å². The minimum Gasteiger partial charge on any atom is -0.381 e. The van der Waals surface area contributed by atoms with Crippen LogP contribution >= 0.6 is 0 Å². The van der Waals surface area contributed by atoms with Crippen molar-refractivity contribution in [1.82, 2.24) is 10.3 Å². The minimum atomic E-state index is -4.36. The largest absolute Gasteiger partial charge is 0.418 e. The van der Waals surface area contributed by atoms with Gasteiger partial charge in [0.25, 0.3) is 0 Å². The smallest absolute Gasteiger partial charge is 0.381 e. The Balaban J connectivity index is 1.99. The first-order valence-corrected chi connectivity index (χ1v) is 6.30. The molecule has 2 heterocycles. The van der Waals surface area contributed by atoms with Gasteiger partial charge in [-0.2, -0.15) is 13.2 Å². The number of pyridine rings is 1. The summed E-state index contributed by atoms with van der Waals surface area (Å²) in [7, 11) is 0. The van der Waals surface area contributed by atoms with Crippen LogP contribution in [0.4, 0.5) is 13.2 Å². The Morgan fingerprint density at radius 2 is 2.32 bits per heavy atom. The van der Waals surface area contributed by atoms with Gasteiger partial charge in [-0.1, -0.05) is 0 Å². The topological polar surface area (TPSA) is 34.2 Å². The predicted octanol–water partition coefficient (Wildman–Crippen LogP) is 2.62. The molecule has 0 radical (unpaired) electrons. The molecule has 0 aliphatic carbocycles.